The zero-order valence-corrected chi connectivity index (χ0v) is 13.4. The van der Waals surface area contributed by atoms with E-state index in [-0.39, 0.29) is 17.2 Å². The number of hydrogen-bond acceptors (Lipinski definition) is 3. The van der Waals surface area contributed by atoms with Crippen LogP contribution in [0.1, 0.15) is 38.7 Å². The van der Waals surface area contributed by atoms with Crippen LogP contribution in [0.2, 0.25) is 0 Å². The van der Waals surface area contributed by atoms with Gasteiger partial charge in [-0.3, -0.25) is 4.79 Å². The molecule has 1 aromatic carbocycles. The van der Waals surface area contributed by atoms with Crippen molar-refractivity contribution in [2.45, 2.75) is 38.5 Å². The zero-order chi connectivity index (χ0) is 15.5. The summed E-state index contributed by atoms with van der Waals surface area (Å²) in [7, 11) is 3.26. The Labute approximate surface area is 126 Å². The molecular weight excluding hydrogens is 266 g/mol. The maximum Gasteiger partial charge on any atom is 0.223 e. The topological polar surface area (TPSA) is 47.6 Å². The van der Waals surface area contributed by atoms with Crippen molar-refractivity contribution >= 4 is 5.91 Å². The molecule has 0 unspecified atom stereocenters. The summed E-state index contributed by atoms with van der Waals surface area (Å²) in [6, 6.07) is 5.91. The van der Waals surface area contributed by atoms with E-state index >= 15 is 0 Å². The normalized spacial score (nSPS) is 15.2. The lowest BCUT2D eigenvalue weighted by atomic mass is 9.82. The van der Waals surface area contributed by atoms with Gasteiger partial charge in [-0.25, -0.2) is 0 Å². The van der Waals surface area contributed by atoms with Gasteiger partial charge < -0.3 is 14.8 Å². The number of benzene rings is 1. The molecule has 0 spiro atoms. The average molecular weight is 291 g/mol. The van der Waals surface area contributed by atoms with Crippen LogP contribution in [0.5, 0.6) is 11.5 Å². The Morgan fingerprint density at radius 3 is 2.43 bits per heavy atom. The molecule has 116 valence electrons. The highest BCUT2D eigenvalue weighted by Gasteiger charge is 2.28. The maximum absolute atomic E-state index is 12.0. The average Bonchev–Trinajstić information content (AvgIpc) is 2.42. The van der Waals surface area contributed by atoms with Crippen molar-refractivity contribution in [1.29, 1.82) is 0 Å². The Hall–Kier alpha value is -1.71. The number of methoxy groups -OCH3 is 2. The van der Waals surface area contributed by atoms with E-state index in [4.69, 9.17) is 9.47 Å². The van der Waals surface area contributed by atoms with Crippen LogP contribution < -0.4 is 14.8 Å². The van der Waals surface area contributed by atoms with Crippen LogP contribution in [0.15, 0.2) is 18.2 Å². The molecule has 0 radical (unpaired) electrons. The zero-order valence-electron chi connectivity index (χ0n) is 13.4. The van der Waals surface area contributed by atoms with Gasteiger partial charge in [-0.2, -0.15) is 0 Å². The number of ether oxygens (including phenoxy) is 2. The van der Waals surface area contributed by atoms with Crippen LogP contribution in [0, 0.1) is 5.92 Å². The van der Waals surface area contributed by atoms with Gasteiger partial charge in [-0.1, -0.05) is 26.3 Å². The predicted octanol–water partition coefficient (Wildman–Crippen LogP) is 2.90. The van der Waals surface area contributed by atoms with Crippen molar-refractivity contribution in [3.05, 3.63) is 23.8 Å². The van der Waals surface area contributed by atoms with E-state index in [0.717, 1.165) is 24.2 Å². The molecule has 0 atom stereocenters. The lowest BCUT2D eigenvalue weighted by Gasteiger charge is -2.29. The van der Waals surface area contributed by atoms with Crippen molar-refractivity contribution in [2.24, 2.45) is 5.92 Å². The second kappa shape index (κ2) is 6.37. The molecule has 0 aromatic heterocycles. The fourth-order valence-electron chi connectivity index (χ4n) is 2.48. The third kappa shape index (κ3) is 3.49. The first-order valence-electron chi connectivity index (χ1n) is 7.48. The van der Waals surface area contributed by atoms with Crippen LogP contribution in [0.3, 0.4) is 0 Å². The standard InChI is InChI=1S/C17H25NO3/c1-17(2,11-18-16(19)12-6-5-7-12)13-8-9-14(20-3)15(10-13)21-4/h8-10,12H,5-7,11H2,1-4H3,(H,18,19). The van der Waals surface area contributed by atoms with Crippen molar-refractivity contribution in [2.75, 3.05) is 20.8 Å². The predicted molar refractivity (Wildman–Crippen MR) is 82.9 cm³/mol. The van der Waals surface area contributed by atoms with Gasteiger partial charge in [-0.05, 0) is 30.5 Å². The van der Waals surface area contributed by atoms with E-state index < -0.39 is 0 Å². The maximum atomic E-state index is 12.0. The summed E-state index contributed by atoms with van der Waals surface area (Å²) in [5, 5.41) is 3.08. The van der Waals surface area contributed by atoms with Gasteiger partial charge >= 0.3 is 0 Å². The molecule has 0 aliphatic heterocycles. The molecule has 1 N–H and O–H groups in total. The molecule has 0 saturated heterocycles. The largest absolute Gasteiger partial charge is 0.493 e. The number of carbonyl (C=O) groups excluding carboxylic acids is 1. The summed E-state index contributed by atoms with van der Waals surface area (Å²) in [5.41, 5.74) is 0.966. The van der Waals surface area contributed by atoms with E-state index in [1.165, 1.54) is 6.42 Å². The van der Waals surface area contributed by atoms with Crippen molar-refractivity contribution in [3.63, 3.8) is 0 Å². The number of amides is 1. The number of carbonyl (C=O) groups is 1. The lowest BCUT2D eigenvalue weighted by molar-refractivity contribution is -0.127. The van der Waals surface area contributed by atoms with Gasteiger partial charge in [0.1, 0.15) is 0 Å². The summed E-state index contributed by atoms with van der Waals surface area (Å²) in [6.07, 6.45) is 3.24. The second-order valence-corrected chi connectivity index (χ2v) is 6.30. The second-order valence-electron chi connectivity index (χ2n) is 6.30. The van der Waals surface area contributed by atoms with E-state index in [9.17, 15) is 4.79 Å². The smallest absolute Gasteiger partial charge is 0.223 e. The molecule has 1 amide bonds. The minimum absolute atomic E-state index is 0.154. The van der Waals surface area contributed by atoms with E-state index in [0.29, 0.717) is 12.3 Å². The highest BCUT2D eigenvalue weighted by Crippen LogP contribution is 2.33. The van der Waals surface area contributed by atoms with Crippen molar-refractivity contribution in [3.8, 4) is 11.5 Å². The Bertz CT molecular complexity index is 507. The molecule has 4 nitrogen and oxygen atoms in total. The third-order valence-electron chi connectivity index (χ3n) is 4.35. The molecule has 1 saturated carbocycles. The highest BCUT2D eigenvalue weighted by atomic mass is 16.5. The number of hydrogen-bond donors (Lipinski definition) is 1. The minimum Gasteiger partial charge on any atom is -0.493 e. The molecule has 1 fully saturated rings. The molecule has 2 rings (SSSR count). The molecule has 4 heteroatoms. The Balaban J connectivity index is 2.05. The van der Waals surface area contributed by atoms with Gasteiger partial charge in [0, 0.05) is 17.9 Å². The summed E-state index contributed by atoms with van der Waals surface area (Å²) < 4.78 is 10.6. The fraction of sp³-hybridized carbons (Fsp3) is 0.588. The first-order valence-corrected chi connectivity index (χ1v) is 7.48. The molecular formula is C17H25NO3. The summed E-state index contributed by atoms with van der Waals surface area (Å²) >= 11 is 0. The van der Waals surface area contributed by atoms with Crippen molar-refractivity contribution < 1.29 is 14.3 Å². The van der Waals surface area contributed by atoms with E-state index in [1.54, 1.807) is 14.2 Å². The summed E-state index contributed by atoms with van der Waals surface area (Å²) in [4.78, 5) is 12.0. The monoisotopic (exact) mass is 291 g/mol. The molecule has 0 bridgehead atoms. The molecule has 1 aliphatic rings. The van der Waals surface area contributed by atoms with Crippen LogP contribution in [0.4, 0.5) is 0 Å². The Kier molecular flexibility index (Phi) is 4.76. The van der Waals surface area contributed by atoms with Crippen LogP contribution >= 0.6 is 0 Å². The molecule has 1 aliphatic carbocycles. The van der Waals surface area contributed by atoms with Crippen molar-refractivity contribution in [1.82, 2.24) is 5.32 Å². The van der Waals surface area contributed by atoms with Crippen LogP contribution in [0.25, 0.3) is 0 Å². The first kappa shape index (κ1) is 15.7. The Morgan fingerprint density at radius 2 is 1.90 bits per heavy atom. The summed E-state index contributed by atoms with van der Waals surface area (Å²) in [5.74, 6) is 1.85. The van der Waals surface area contributed by atoms with Gasteiger partial charge in [-0.15, -0.1) is 0 Å². The lowest BCUT2D eigenvalue weighted by Crippen LogP contribution is -2.41. The number of nitrogens with one attached hydrogen (secondary N) is 1. The van der Waals surface area contributed by atoms with Gasteiger partial charge in [0.25, 0.3) is 0 Å². The highest BCUT2D eigenvalue weighted by molar-refractivity contribution is 5.79. The SMILES string of the molecule is COc1ccc(C(C)(C)CNC(=O)C2CCC2)cc1OC. The molecule has 1 aromatic rings. The molecule has 0 heterocycles. The van der Waals surface area contributed by atoms with E-state index in [2.05, 4.69) is 19.2 Å². The van der Waals surface area contributed by atoms with Gasteiger partial charge in [0.05, 0.1) is 14.2 Å². The minimum atomic E-state index is -0.154. The van der Waals surface area contributed by atoms with Gasteiger partial charge in [0.2, 0.25) is 5.91 Å². The van der Waals surface area contributed by atoms with Crippen LogP contribution in [-0.4, -0.2) is 26.7 Å². The summed E-state index contributed by atoms with van der Waals surface area (Å²) in [6.45, 7) is 4.86. The molecule has 21 heavy (non-hydrogen) atoms. The van der Waals surface area contributed by atoms with Crippen LogP contribution in [-0.2, 0) is 10.2 Å². The quantitative estimate of drug-likeness (QED) is 0.876. The fourth-order valence-corrected chi connectivity index (χ4v) is 2.48. The number of rotatable bonds is 6. The van der Waals surface area contributed by atoms with Gasteiger partial charge in [0.15, 0.2) is 11.5 Å². The Morgan fingerprint density at radius 1 is 1.24 bits per heavy atom. The first-order chi connectivity index (χ1) is 9.97. The third-order valence-corrected chi connectivity index (χ3v) is 4.35. The van der Waals surface area contributed by atoms with E-state index in [1.807, 2.05) is 18.2 Å².